The highest BCUT2D eigenvalue weighted by atomic mass is 16.5. The molecule has 1 N–H and O–H groups in total. The Balaban J connectivity index is 1.49. The molecule has 0 spiro atoms. The zero-order chi connectivity index (χ0) is 28.1. The Bertz CT molecular complexity index is 1560. The number of nitrogens with zero attached hydrogens (tertiary/aromatic N) is 5. The Hall–Kier alpha value is -3.45. The van der Waals surface area contributed by atoms with Crippen molar-refractivity contribution >= 4 is 22.4 Å². The van der Waals surface area contributed by atoms with Crippen molar-refractivity contribution in [1.29, 1.82) is 0 Å². The average Bonchev–Trinajstić information content (AvgIpc) is 3.32. The lowest BCUT2D eigenvalue weighted by Crippen LogP contribution is -2.45. The van der Waals surface area contributed by atoms with E-state index in [4.69, 9.17) is 14.7 Å². The van der Waals surface area contributed by atoms with Crippen LogP contribution in [0.4, 0.5) is 11.5 Å². The third-order valence-electron chi connectivity index (χ3n) is 9.06. The van der Waals surface area contributed by atoms with E-state index in [0.29, 0.717) is 18.1 Å². The molecule has 1 saturated heterocycles. The van der Waals surface area contributed by atoms with Gasteiger partial charge in [0, 0.05) is 61.4 Å². The highest BCUT2D eigenvalue weighted by Gasteiger charge is 2.32. The van der Waals surface area contributed by atoms with Crippen LogP contribution in [0.3, 0.4) is 0 Å². The van der Waals surface area contributed by atoms with Gasteiger partial charge in [-0.3, -0.25) is 5.10 Å². The van der Waals surface area contributed by atoms with Gasteiger partial charge in [-0.15, -0.1) is 0 Å². The zero-order valence-corrected chi connectivity index (χ0v) is 25.0. The molecule has 2 aromatic heterocycles. The molecule has 1 fully saturated rings. The number of aryl methyl sites for hydroxylation is 3. The fourth-order valence-electron chi connectivity index (χ4n) is 6.60. The van der Waals surface area contributed by atoms with E-state index in [1.54, 1.807) is 0 Å². The molecule has 7 heteroatoms. The topological polar surface area (TPSA) is 70.2 Å². The predicted octanol–water partition coefficient (Wildman–Crippen LogP) is 6.63. The van der Waals surface area contributed by atoms with Crippen LogP contribution >= 0.6 is 0 Å². The summed E-state index contributed by atoms with van der Waals surface area (Å²) in [4.78, 5) is 15.8. The van der Waals surface area contributed by atoms with Gasteiger partial charge >= 0.3 is 0 Å². The van der Waals surface area contributed by atoms with Crippen molar-refractivity contribution in [3.05, 3.63) is 64.0 Å². The molecular weight excluding hydrogens is 496 g/mol. The van der Waals surface area contributed by atoms with E-state index >= 15 is 0 Å². The van der Waals surface area contributed by atoms with Gasteiger partial charge in [0.2, 0.25) is 0 Å². The molecule has 210 valence electrons. The fourth-order valence-corrected chi connectivity index (χ4v) is 6.60. The fraction of sp³-hybridized carbons (Fsp3) is 0.485. The molecule has 2 aromatic carbocycles. The number of methoxy groups -OCH3 is 1. The van der Waals surface area contributed by atoms with Gasteiger partial charge in [0.1, 0.15) is 5.82 Å². The van der Waals surface area contributed by atoms with Gasteiger partial charge in [0.05, 0.1) is 23.0 Å². The second kappa shape index (κ2) is 10.5. The van der Waals surface area contributed by atoms with Crippen molar-refractivity contribution in [3.8, 4) is 11.4 Å². The Labute approximate surface area is 238 Å². The monoisotopic (exact) mass is 538 g/mol. The van der Waals surface area contributed by atoms with E-state index in [0.717, 1.165) is 72.7 Å². The predicted molar refractivity (Wildman–Crippen MR) is 163 cm³/mol. The van der Waals surface area contributed by atoms with Crippen LogP contribution in [0.1, 0.15) is 73.2 Å². The van der Waals surface area contributed by atoms with E-state index in [1.165, 1.54) is 33.6 Å². The number of hydrogen-bond acceptors (Lipinski definition) is 6. The van der Waals surface area contributed by atoms with Crippen molar-refractivity contribution in [1.82, 2.24) is 20.2 Å². The largest absolute Gasteiger partial charge is 0.381 e. The number of aromatic amines is 1. The molecule has 7 nitrogen and oxygen atoms in total. The van der Waals surface area contributed by atoms with Gasteiger partial charge in [-0.1, -0.05) is 32.0 Å². The third-order valence-corrected chi connectivity index (χ3v) is 9.06. The molecule has 0 aliphatic carbocycles. The minimum atomic E-state index is 0.297. The van der Waals surface area contributed by atoms with Crippen molar-refractivity contribution < 1.29 is 4.74 Å². The van der Waals surface area contributed by atoms with E-state index in [1.807, 2.05) is 7.11 Å². The second-order valence-corrected chi connectivity index (χ2v) is 12.1. The maximum atomic E-state index is 5.76. The minimum absolute atomic E-state index is 0.297. The van der Waals surface area contributed by atoms with Crippen LogP contribution in [0.15, 0.2) is 30.3 Å². The Kier molecular flexibility index (Phi) is 7.03. The number of piperidine rings is 1. The lowest BCUT2D eigenvalue weighted by molar-refractivity contribution is 0.0719. The van der Waals surface area contributed by atoms with Crippen LogP contribution in [0.25, 0.3) is 22.3 Å². The molecule has 2 unspecified atom stereocenters. The van der Waals surface area contributed by atoms with Crippen molar-refractivity contribution in [2.45, 2.75) is 85.4 Å². The van der Waals surface area contributed by atoms with E-state index < -0.39 is 0 Å². The van der Waals surface area contributed by atoms with Crippen LogP contribution in [-0.4, -0.2) is 52.5 Å². The molecule has 2 aliphatic rings. The number of hydrogen-bond donors (Lipinski definition) is 1. The summed E-state index contributed by atoms with van der Waals surface area (Å²) in [7, 11) is 1.83. The van der Waals surface area contributed by atoms with Crippen LogP contribution in [0, 0.1) is 20.8 Å². The molecule has 2 aliphatic heterocycles. The van der Waals surface area contributed by atoms with Crippen LogP contribution in [-0.2, 0) is 17.7 Å². The van der Waals surface area contributed by atoms with Gasteiger partial charge in [-0.05, 0) is 75.3 Å². The summed E-state index contributed by atoms with van der Waals surface area (Å²) in [5, 5.41) is 8.82. The van der Waals surface area contributed by atoms with Crippen molar-refractivity contribution in [2.75, 3.05) is 30.0 Å². The quantitative estimate of drug-likeness (QED) is 0.307. The summed E-state index contributed by atoms with van der Waals surface area (Å²) in [6.07, 6.45) is 3.19. The summed E-state index contributed by atoms with van der Waals surface area (Å²) in [6, 6.07) is 11.5. The summed E-state index contributed by atoms with van der Waals surface area (Å²) in [6.45, 7) is 16.0. The van der Waals surface area contributed by atoms with E-state index in [2.05, 4.69) is 91.9 Å². The SMILES string of the molecule is COC1CCN(c2nc(-c3c(C)ccc4[nH]nc(C)c34)nc3c2CN(c2cc(C(C)C)ccc2C)CC3)C(C)C1. The summed E-state index contributed by atoms with van der Waals surface area (Å²) in [5.74, 6) is 2.40. The number of benzene rings is 2. The Morgan fingerprint density at radius 1 is 1.02 bits per heavy atom. The molecule has 6 rings (SSSR count). The number of fused-ring (bicyclic) bond motifs is 2. The van der Waals surface area contributed by atoms with Crippen LogP contribution in [0.5, 0.6) is 0 Å². The first kappa shape index (κ1) is 26.8. The molecule has 4 heterocycles. The standard InChI is InChI=1S/C33H42N6O/c1-19(2)24-10-8-20(3)29(17-24)38-14-13-27-26(18-38)33(39-15-12-25(40-7)16-22(39)5)35-32(34-27)30-21(4)9-11-28-31(30)23(6)36-37-28/h8-11,17,19,22,25H,12-16,18H2,1-7H3,(H,36,37). The lowest BCUT2D eigenvalue weighted by atomic mass is 9.96. The molecule has 2 atom stereocenters. The van der Waals surface area contributed by atoms with Crippen molar-refractivity contribution in [3.63, 3.8) is 0 Å². The van der Waals surface area contributed by atoms with Gasteiger partial charge < -0.3 is 14.5 Å². The number of aromatic nitrogens is 4. The second-order valence-electron chi connectivity index (χ2n) is 12.1. The minimum Gasteiger partial charge on any atom is -0.381 e. The summed E-state index contributed by atoms with van der Waals surface area (Å²) in [5.41, 5.74) is 10.7. The highest BCUT2D eigenvalue weighted by molar-refractivity contribution is 5.96. The molecular formula is C33H42N6O. The molecule has 4 aromatic rings. The summed E-state index contributed by atoms with van der Waals surface area (Å²) >= 11 is 0. The maximum absolute atomic E-state index is 5.76. The molecule has 0 radical (unpaired) electrons. The van der Waals surface area contributed by atoms with Gasteiger partial charge in [-0.25, -0.2) is 9.97 Å². The zero-order valence-electron chi connectivity index (χ0n) is 25.0. The van der Waals surface area contributed by atoms with E-state index in [9.17, 15) is 0 Å². The molecule has 0 saturated carbocycles. The molecule has 40 heavy (non-hydrogen) atoms. The Morgan fingerprint density at radius 2 is 1.82 bits per heavy atom. The normalized spacial score (nSPS) is 19.5. The average molecular weight is 539 g/mol. The number of ether oxygens (including phenoxy) is 1. The van der Waals surface area contributed by atoms with Crippen LogP contribution < -0.4 is 9.80 Å². The number of anilines is 2. The number of rotatable bonds is 5. The third kappa shape index (κ3) is 4.64. The highest BCUT2D eigenvalue weighted by Crippen LogP contribution is 2.38. The number of nitrogens with one attached hydrogen (secondary N) is 1. The van der Waals surface area contributed by atoms with Crippen LogP contribution in [0.2, 0.25) is 0 Å². The molecule has 0 bridgehead atoms. The smallest absolute Gasteiger partial charge is 0.162 e. The summed E-state index contributed by atoms with van der Waals surface area (Å²) < 4.78 is 5.76. The number of H-pyrrole nitrogens is 1. The first-order valence-electron chi connectivity index (χ1n) is 14.7. The van der Waals surface area contributed by atoms with Gasteiger partial charge in [0.25, 0.3) is 0 Å². The van der Waals surface area contributed by atoms with E-state index in [-0.39, 0.29) is 0 Å². The van der Waals surface area contributed by atoms with Crippen molar-refractivity contribution in [2.24, 2.45) is 0 Å². The Morgan fingerprint density at radius 3 is 2.58 bits per heavy atom. The first-order valence-corrected chi connectivity index (χ1v) is 14.7. The van der Waals surface area contributed by atoms with Gasteiger partial charge in [0.15, 0.2) is 5.82 Å². The maximum Gasteiger partial charge on any atom is 0.162 e. The van der Waals surface area contributed by atoms with Gasteiger partial charge in [-0.2, -0.15) is 5.10 Å². The molecule has 0 amide bonds. The lowest BCUT2D eigenvalue weighted by Gasteiger charge is -2.41. The first-order chi connectivity index (χ1) is 19.2.